The number of benzene rings is 3. The van der Waals surface area contributed by atoms with Crippen LogP contribution in [-0.4, -0.2) is 4.57 Å². The van der Waals surface area contributed by atoms with Crippen molar-refractivity contribution in [3.05, 3.63) is 93.6 Å². The third-order valence-electron chi connectivity index (χ3n) is 5.09. The van der Waals surface area contributed by atoms with Crippen molar-refractivity contribution in [1.82, 2.24) is 4.57 Å². The van der Waals surface area contributed by atoms with E-state index in [1.165, 1.54) is 16.7 Å². The summed E-state index contributed by atoms with van der Waals surface area (Å²) in [6.07, 6.45) is 0. The Morgan fingerprint density at radius 2 is 1.62 bits per heavy atom. The van der Waals surface area contributed by atoms with E-state index in [4.69, 9.17) is 0 Å². The molecule has 130 valence electrons. The lowest BCUT2D eigenvalue weighted by molar-refractivity contribution is 0.853. The van der Waals surface area contributed by atoms with Crippen molar-refractivity contribution in [2.75, 3.05) is 0 Å². The molecule has 0 saturated carbocycles. The van der Waals surface area contributed by atoms with Crippen molar-refractivity contribution in [2.45, 2.75) is 33.2 Å². The summed E-state index contributed by atoms with van der Waals surface area (Å²) in [6, 6.07) is 22.8. The van der Waals surface area contributed by atoms with Crippen LogP contribution in [-0.2, 0) is 6.54 Å². The maximum Gasteiger partial charge on any atom is 0.197 e. The van der Waals surface area contributed by atoms with E-state index in [0.717, 1.165) is 28.4 Å². The van der Waals surface area contributed by atoms with Crippen molar-refractivity contribution < 1.29 is 0 Å². The monoisotopic (exact) mass is 341 g/mol. The van der Waals surface area contributed by atoms with Gasteiger partial charge in [0.2, 0.25) is 0 Å². The van der Waals surface area contributed by atoms with E-state index in [-0.39, 0.29) is 5.43 Å². The highest BCUT2D eigenvalue weighted by Gasteiger charge is 2.12. The summed E-state index contributed by atoms with van der Waals surface area (Å²) < 4.78 is 2.27. The summed E-state index contributed by atoms with van der Waals surface area (Å²) in [6.45, 7) is 7.18. The Hall–Kier alpha value is -2.87. The van der Waals surface area contributed by atoms with Crippen LogP contribution in [0.4, 0.5) is 0 Å². The molecule has 0 saturated heterocycles. The van der Waals surface area contributed by atoms with Gasteiger partial charge in [0.05, 0.1) is 11.0 Å². The SMILES string of the molecule is Cc1cccc(Cn2c3ccccc3c(=O)c3cc(C(C)C)ccc32)c1. The zero-order chi connectivity index (χ0) is 18.3. The Bertz CT molecular complexity index is 1170. The molecular formula is C24H23NO. The largest absolute Gasteiger partial charge is 0.336 e. The van der Waals surface area contributed by atoms with E-state index in [2.05, 4.69) is 67.8 Å². The summed E-state index contributed by atoms with van der Waals surface area (Å²) in [5.74, 6) is 0.399. The normalized spacial score (nSPS) is 11.5. The first-order valence-electron chi connectivity index (χ1n) is 9.15. The Kier molecular flexibility index (Phi) is 4.12. The van der Waals surface area contributed by atoms with Gasteiger partial charge in [0, 0.05) is 17.3 Å². The fourth-order valence-electron chi connectivity index (χ4n) is 3.67. The average molecular weight is 341 g/mol. The van der Waals surface area contributed by atoms with Crippen molar-refractivity contribution >= 4 is 21.8 Å². The molecule has 0 aliphatic carbocycles. The molecule has 4 rings (SSSR count). The minimum atomic E-state index is 0.124. The van der Waals surface area contributed by atoms with E-state index in [1.807, 2.05) is 24.3 Å². The Balaban J connectivity index is 2.05. The molecule has 1 heterocycles. The van der Waals surface area contributed by atoms with Gasteiger partial charge in [0.15, 0.2) is 5.43 Å². The van der Waals surface area contributed by atoms with E-state index in [1.54, 1.807) is 0 Å². The van der Waals surface area contributed by atoms with Gasteiger partial charge >= 0.3 is 0 Å². The van der Waals surface area contributed by atoms with Crippen molar-refractivity contribution in [1.29, 1.82) is 0 Å². The minimum absolute atomic E-state index is 0.124. The number of nitrogens with zero attached hydrogens (tertiary/aromatic N) is 1. The predicted octanol–water partition coefficient (Wildman–Crippen LogP) is 5.63. The van der Waals surface area contributed by atoms with Crippen LogP contribution in [0.15, 0.2) is 71.5 Å². The van der Waals surface area contributed by atoms with Gasteiger partial charge in [-0.1, -0.05) is 61.9 Å². The Labute approximate surface area is 153 Å². The topological polar surface area (TPSA) is 22.0 Å². The second kappa shape index (κ2) is 6.45. The van der Waals surface area contributed by atoms with Crippen LogP contribution in [0.1, 0.15) is 36.5 Å². The highest BCUT2D eigenvalue weighted by atomic mass is 16.1. The number of aromatic nitrogens is 1. The number of aryl methyl sites for hydroxylation is 1. The molecule has 0 spiro atoms. The van der Waals surface area contributed by atoms with Gasteiger partial charge in [0.25, 0.3) is 0 Å². The lowest BCUT2D eigenvalue weighted by Gasteiger charge is -2.17. The number of rotatable bonds is 3. The molecule has 4 aromatic rings. The second-order valence-electron chi connectivity index (χ2n) is 7.35. The third-order valence-corrected chi connectivity index (χ3v) is 5.09. The van der Waals surface area contributed by atoms with E-state index in [9.17, 15) is 4.79 Å². The van der Waals surface area contributed by atoms with Gasteiger partial charge in [0.1, 0.15) is 0 Å². The molecule has 0 atom stereocenters. The zero-order valence-electron chi connectivity index (χ0n) is 15.5. The number of hydrogen-bond acceptors (Lipinski definition) is 1. The molecule has 0 bridgehead atoms. The van der Waals surface area contributed by atoms with Crippen LogP contribution in [0, 0.1) is 6.92 Å². The molecule has 2 nitrogen and oxygen atoms in total. The van der Waals surface area contributed by atoms with Gasteiger partial charge in [-0.15, -0.1) is 0 Å². The molecule has 2 heteroatoms. The molecule has 0 N–H and O–H groups in total. The summed E-state index contributed by atoms with van der Waals surface area (Å²) in [5.41, 5.74) is 5.81. The second-order valence-corrected chi connectivity index (χ2v) is 7.35. The lowest BCUT2D eigenvalue weighted by Crippen LogP contribution is -2.12. The molecule has 0 fully saturated rings. The lowest BCUT2D eigenvalue weighted by atomic mass is 9.99. The average Bonchev–Trinajstić information content (AvgIpc) is 2.65. The Morgan fingerprint density at radius 3 is 2.38 bits per heavy atom. The minimum Gasteiger partial charge on any atom is -0.336 e. The van der Waals surface area contributed by atoms with E-state index >= 15 is 0 Å². The van der Waals surface area contributed by atoms with Gasteiger partial charge in [-0.05, 0) is 48.2 Å². The molecule has 26 heavy (non-hydrogen) atoms. The maximum absolute atomic E-state index is 13.1. The summed E-state index contributed by atoms with van der Waals surface area (Å²) >= 11 is 0. The molecule has 1 aromatic heterocycles. The van der Waals surface area contributed by atoms with Gasteiger partial charge < -0.3 is 4.57 Å². The smallest absolute Gasteiger partial charge is 0.197 e. The van der Waals surface area contributed by atoms with E-state index < -0.39 is 0 Å². The third kappa shape index (κ3) is 2.82. The van der Waals surface area contributed by atoms with Gasteiger partial charge in [-0.3, -0.25) is 4.79 Å². The number of hydrogen-bond donors (Lipinski definition) is 0. The van der Waals surface area contributed by atoms with Crippen molar-refractivity contribution in [2.24, 2.45) is 0 Å². The molecule has 0 unspecified atom stereocenters. The highest BCUT2D eigenvalue weighted by Crippen LogP contribution is 2.24. The number of para-hydroxylation sites is 1. The fraction of sp³-hybridized carbons (Fsp3) is 0.208. The maximum atomic E-state index is 13.1. The summed E-state index contributed by atoms with van der Waals surface area (Å²) in [7, 11) is 0. The highest BCUT2D eigenvalue weighted by molar-refractivity contribution is 5.93. The predicted molar refractivity (Wildman–Crippen MR) is 110 cm³/mol. The molecule has 0 radical (unpaired) electrons. The fourth-order valence-corrected chi connectivity index (χ4v) is 3.67. The summed E-state index contributed by atoms with van der Waals surface area (Å²) in [4.78, 5) is 13.1. The molecule has 3 aromatic carbocycles. The van der Waals surface area contributed by atoms with Crippen LogP contribution >= 0.6 is 0 Å². The molecule has 0 aliphatic heterocycles. The Morgan fingerprint density at radius 1 is 0.846 bits per heavy atom. The first-order valence-corrected chi connectivity index (χ1v) is 9.15. The molecular weight excluding hydrogens is 318 g/mol. The van der Waals surface area contributed by atoms with Crippen LogP contribution in [0.3, 0.4) is 0 Å². The first kappa shape index (κ1) is 16.6. The van der Waals surface area contributed by atoms with Crippen molar-refractivity contribution in [3.63, 3.8) is 0 Å². The van der Waals surface area contributed by atoms with Crippen LogP contribution in [0.5, 0.6) is 0 Å². The standard InChI is InChI=1S/C24H23NO/c1-16(2)19-11-12-23-21(14-19)24(26)20-9-4-5-10-22(20)25(23)15-18-8-6-7-17(3)13-18/h4-14,16H,15H2,1-3H3. The van der Waals surface area contributed by atoms with E-state index in [0.29, 0.717) is 5.92 Å². The van der Waals surface area contributed by atoms with Crippen molar-refractivity contribution in [3.8, 4) is 0 Å². The number of pyridine rings is 1. The molecule has 0 aliphatic rings. The van der Waals surface area contributed by atoms with Crippen LogP contribution in [0.25, 0.3) is 21.8 Å². The van der Waals surface area contributed by atoms with Gasteiger partial charge in [-0.2, -0.15) is 0 Å². The summed E-state index contributed by atoms with van der Waals surface area (Å²) in [5, 5.41) is 1.59. The first-order chi connectivity index (χ1) is 12.5. The van der Waals surface area contributed by atoms with Gasteiger partial charge in [-0.25, -0.2) is 0 Å². The van der Waals surface area contributed by atoms with Crippen LogP contribution < -0.4 is 5.43 Å². The zero-order valence-corrected chi connectivity index (χ0v) is 15.5. The number of fused-ring (bicyclic) bond motifs is 2. The quantitative estimate of drug-likeness (QED) is 0.442. The van der Waals surface area contributed by atoms with Crippen LogP contribution in [0.2, 0.25) is 0 Å². The molecule has 0 amide bonds.